The number of halogens is 2. The standard InChI is InChI=1S/C31H35Cl2N3O4S/c1-3-26(20-35-15-6-16-41(35,39)40)36-29(21-11-13-23(32)14-12-21)27(22-7-4-8-24(33)17-22)19-31(2,30(36)38)18-25-9-5-10-28(37)34-25/h4-5,7-14,17,26-27,29H,3,6,15-16,18-20H2,1-2H3,(H,34,37)/t26-,27?,29+,31-/m0/s1. The normalized spacial score (nSPS) is 25.4. The molecule has 2 aromatic carbocycles. The molecule has 0 radical (unpaired) electrons. The van der Waals surface area contributed by atoms with Gasteiger partial charge in [-0.15, -0.1) is 0 Å². The second kappa shape index (κ2) is 11.9. The lowest BCUT2D eigenvalue weighted by Gasteiger charge is -2.52. The zero-order chi connectivity index (χ0) is 29.4. The molecule has 0 spiro atoms. The maximum Gasteiger partial charge on any atom is 0.229 e. The monoisotopic (exact) mass is 615 g/mol. The van der Waals surface area contributed by atoms with Gasteiger partial charge in [0.05, 0.1) is 17.2 Å². The number of benzene rings is 2. The molecule has 0 aliphatic carbocycles. The molecule has 3 heterocycles. The van der Waals surface area contributed by atoms with Crippen molar-refractivity contribution >= 4 is 39.1 Å². The van der Waals surface area contributed by atoms with Gasteiger partial charge in [-0.05, 0) is 60.7 Å². The third-order valence-electron chi connectivity index (χ3n) is 8.44. The van der Waals surface area contributed by atoms with Crippen molar-refractivity contribution in [1.82, 2.24) is 14.2 Å². The molecule has 2 saturated heterocycles. The van der Waals surface area contributed by atoms with Crippen molar-refractivity contribution in [3.8, 4) is 5.88 Å². The topological polar surface area (TPSA) is 90.8 Å². The van der Waals surface area contributed by atoms with Crippen LogP contribution < -0.4 is 0 Å². The van der Waals surface area contributed by atoms with Gasteiger partial charge in [0.1, 0.15) is 0 Å². The fourth-order valence-corrected chi connectivity index (χ4v) is 8.34. The van der Waals surface area contributed by atoms with Crippen molar-refractivity contribution in [2.24, 2.45) is 5.41 Å². The Labute approximate surface area is 252 Å². The number of piperidine rings is 1. The van der Waals surface area contributed by atoms with Crippen LogP contribution in [0.15, 0.2) is 66.7 Å². The number of aromatic hydroxyl groups is 1. The molecule has 0 bridgehead atoms. The molecule has 5 rings (SSSR count). The number of carbonyl (C=O) groups is 1. The maximum atomic E-state index is 14.8. The van der Waals surface area contributed by atoms with Crippen LogP contribution in [0.2, 0.25) is 10.0 Å². The predicted molar refractivity (Wildman–Crippen MR) is 162 cm³/mol. The summed E-state index contributed by atoms with van der Waals surface area (Å²) >= 11 is 12.8. The minimum absolute atomic E-state index is 0.0654. The first kappa shape index (κ1) is 29.8. The third-order valence-corrected chi connectivity index (χ3v) is 10.8. The molecule has 4 atom stereocenters. The Hall–Kier alpha value is -2.65. The fourth-order valence-electron chi connectivity index (χ4n) is 6.46. The predicted octanol–water partition coefficient (Wildman–Crippen LogP) is 6.21. The van der Waals surface area contributed by atoms with Gasteiger partial charge in [0.25, 0.3) is 0 Å². The minimum Gasteiger partial charge on any atom is -0.493 e. The lowest BCUT2D eigenvalue weighted by atomic mass is 9.66. The van der Waals surface area contributed by atoms with Crippen molar-refractivity contribution < 1.29 is 18.3 Å². The maximum absolute atomic E-state index is 14.8. The molecule has 3 aromatic rings. The highest BCUT2D eigenvalue weighted by atomic mass is 35.5. The van der Waals surface area contributed by atoms with E-state index in [1.807, 2.05) is 73.3 Å². The van der Waals surface area contributed by atoms with Crippen molar-refractivity contribution in [2.75, 3.05) is 18.8 Å². The van der Waals surface area contributed by atoms with E-state index in [9.17, 15) is 18.3 Å². The average molecular weight is 617 g/mol. The van der Waals surface area contributed by atoms with E-state index in [1.54, 1.807) is 6.07 Å². The first-order chi connectivity index (χ1) is 19.5. The highest BCUT2D eigenvalue weighted by molar-refractivity contribution is 7.89. The summed E-state index contributed by atoms with van der Waals surface area (Å²) in [7, 11) is -3.37. The van der Waals surface area contributed by atoms with Gasteiger partial charge in [0.2, 0.25) is 21.8 Å². The molecule has 2 aliphatic heterocycles. The summed E-state index contributed by atoms with van der Waals surface area (Å²) in [5.41, 5.74) is 1.65. The molecule has 0 saturated carbocycles. The Bertz CT molecular complexity index is 1520. The van der Waals surface area contributed by atoms with E-state index in [2.05, 4.69) is 4.98 Å². The number of sulfonamides is 1. The van der Waals surface area contributed by atoms with Crippen LogP contribution in [0.4, 0.5) is 0 Å². The van der Waals surface area contributed by atoms with Crippen LogP contribution in [0.1, 0.15) is 61.9 Å². The number of hydrogen-bond donors (Lipinski definition) is 1. The average Bonchev–Trinajstić information content (AvgIpc) is 3.26. The van der Waals surface area contributed by atoms with E-state index in [0.29, 0.717) is 48.0 Å². The van der Waals surface area contributed by atoms with Gasteiger partial charge in [0.15, 0.2) is 0 Å². The van der Waals surface area contributed by atoms with Crippen molar-refractivity contribution in [1.29, 1.82) is 0 Å². The van der Waals surface area contributed by atoms with Crippen LogP contribution in [0.5, 0.6) is 5.88 Å². The summed E-state index contributed by atoms with van der Waals surface area (Å²) in [6.45, 7) is 4.63. The molecule has 1 N–H and O–H groups in total. The summed E-state index contributed by atoms with van der Waals surface area (Å²) in [6.07, 6.45) is 1.98. The Morgan fingerprint density at radius 2 is 1.78 bits per heavy atom. The lowest BCUT2D eigenvalue weighted by Crippen LogP contribution is -2.58. The number of hydrogen-bond acceptors (Lipinski definition) is 5. The van der Waals surface area contributed by atoms with Gasteiger partial charge < -0.3 is 10.0 Å². The summed E-state index contributed by atoms with van der Waals surface area (Å²) in [4.78, 5) is 21.0. The van der Waals surface area contributed by atoms with Crippen LogP contribution in [0.25, 0.3) is 0 Å². The molecule has 10 heteroatoms. The molecule has 2 aliphatic rings. The van der Waals surface area contributed by atoms with Crippen LogP contribution in [0, 0.1) is 5.41 Å². The van der Waals surface area contributed by atoms with Crippen molar-refractivity contribution in [3.05, 3.63) is 93.6 Å². The Morgan fingerprint density at radius 3 is 2.41 bits per heavy atom. The summed E-state index contributed by atoms with van der Waals surface area (Å²) in [5.74, 6) is -0.185. The quantitative estimate of drug-likeness (QED) is 0.325. The summed E-state index contributed by atoms with van der Waals surface area (Å²) in [5, 5.41) is 11.3. The van der Waals surface area contributed by atoms with Gasteiger partial charge in [0, 0.05) is 53.3 Å². The van der Waals surface area contributed by atoms with Gasteiger partial charge >= 0.3 is 0 Å². The first-order valence-electron chi connectivity index (χ1n) is 14.0. The Kier molecular flexibility index (Phi) is 8.67. The van der Waals surface area contributed by atoms with Crippen LogP contribution in [-0.4, -0.2) is 58.5 Å². The Morgan fingerprint density at radius 1 is 1.05 bits per heavy atom. The molecule has 2 fully saturated rings. The van der Waals surface area contributed by atoms with E-state index in [4.69, 9.17) is 23.2 Å². The van der Waals surface area contributed by atoms with E-state index < -0.39 is 15.4 Å². The van der Waals surface area contributed by atoms with Crippen LogP contribution in [0.3, 0.4) is 0 Å². The lowest BCUT2D eigenvalue weighted by molar-refractivity contribution is -0.155. The zero-order valence-corrected chi connectivity index (χ0v) is 25.5. The number of rotatable bonds is 8. The van der Waals surface area contributed by atoms with Gasteiger partial charge in [-0.3, -0.25) is 4.79 Å². The van der Waals surface area contributed by atoms with E-state index in [0.717, 1.165) is 11.1 Å². The van der Waals surface area contributed by atoms with Crippen molar-refractivity contribution in [3.63, 3.8) is 0 Å². The van der Waals surface area contributed by atoms with E-state index >= 15 is 0 Å². The second-order valence-electron chi connectivity index (χ2n) is 11.4. The highest BCUT2D eigenvalue weighted by Crippen LogP contribution is 2.52. The minimum atomic E-state index is -3.37. The van der Waals surface area contributed by atoms with Gasteiger partial charge in [-0.2, -0.15) is 4.31 Å². The molecule has 218 valence electrons. The SMILES string of the molecule is CC[C@@H](CN1CCCS1(=O)=O)N1C(=O)[C@@](C)(Cc2cccc(O)n2)CC(c2cccc(Cl)c2)[C@H]1c1ccc(Cl)cc1. The second-order valence-corrected chi connectivity index (χ2v) is 14.3. The number of aromatic nitrogens is 1. The number of likely N-dealkylation sites (tertiary alicyclic amines) is 1. The molecule has 1 amide bonds. The van der Waals surface area contributed by atoms with Gasteiger partial charge in [-0.1, -0.05) is 67.4 Å². The smallest absolute Gasteiger partial charge is 0.229 e. The Balaban J connectivity index is 1.66. The van der Waals surface area contributed by atoms with Gasteiger partial charge in [-0.25, -0.2) is 13.4 Å². The molecular formula is C31H35Cl2N3O4S. The van der Waals surface area contributed by atoms with E-state index in [1.165, 1.54) is 10.4 Å². The zero-order valence-electron chi connectivity index (χ0n) is 23.2. The number of pyridine rings is 1. The van der Waals surface area contributed by atoms with Crippen molar-refractivity contribution in [2.45, 2.75) is 57.5 Å². The molecular weight excluding hydrogens is 581 g/mol. The molecule has 1 unspecified atom stereocenters. The largest absolute Gasteiger partial charge is 0.493 e. The molecule has 7 nitrogen and oxygen atoms in total. The summed E-state index contributed by atoms with van der Waals surface area (Å²) in [6, 6.07) is 19.6. The fraction of sp³-hybridized carbons (Fsp3) is 0.419. The third kappa shape index (κ3) is 6.26. The van der Waals surface area contributed by atoms with Crippen LogP contribution >= 0.6 is 23.2 Å². The number of amides is 1. The first-order valence-corrected chi connectivity index (χ1v) is 16.3. The van der Waals surface area contributed by atoms with Crippen LogP contribution in [-0.2, 0) is 21.2 Å². The summed E-state index contributed by atoms with van der Waals surface area (Å²) < 4.78 is 27.2. The van der Waals surface area contributed by atoms with E-state index in [-0.39, 0.29) is 42.1 Å². The molecule has 1 aromatic heterocycles. The molecule has 41 heavy (non-hydrogen) atoms. The number of carbonyl (C=O) groups excluding carboxylic acids is 1. The highest BCUT2D eigenvalue weighted by Gasteiger charge is 2.52. The number of nitrogens with zero attached hydrogens (tertiary/aromatic N) is 3.